The molecule has 0 bridgehead atoms. The van der Waals surface area contributed by atoms with Crippen LogP contribution in [0, 0.1) is 0 Å². The number of amides is 1. The van der Waals surface area contributed by atoms with Crippen LogP contribution < -0.4 is 0 Å². The molecule has 0 unspecified atom stereocenters. The molecule has 136 valence electrons. The molecule has 1 aliphatic rings. The summed E-state index contributed by atoms with van der Waals surface area (Å²) in [5.74, 6) is 1.03. The first-order chi connectivity index (χ1) is 12.8. The first-order valence-electron chi connectivity index (χ1n) is 9.12. The van der Waals surface area contributed by atoms with E-state index in [0.29, 0.717) is 25.9 Å². The molecule has 4 rings (SSSR count). The zero-order chi connectivity index (χ0) is 17.8. The third-order valence-electron chi connectivity index (χ3n) is 4.77. The Labute approximate surface area is 157 Å². The number of thiophene rings is 1. The maximum atomic E-state index is 12.9. The van der Waals surface area contributed by atoms with Gasteiger partial charge in [0.15, 0.2) is 0 Å². The topological polar surface area (TPSA) is 58.2 Å². The van der Waals surface area contributed by atoms with Gasteiger partial charge in [0, 0.05) is 32.5 Å². The number of carbonyl (C=O) groups is 1. The van der Waals surface area contributed by atoms with Gasteiger partial charge in [-0.25, -0.2) is 4.98 Å². The Bertz CT molecular complexity index is 820. The van der Waals surface area contributed by atoms with Crippen molar-refractivity contribution in [3.63, 3.8) is 0 Å². The van der Waals surface area contributed by atoms with Crippen LogP contribution in [0.2, 0.25) is 0 Å². The van der Waals surface area contributed by atoms with Crippen LogP contribution in [0.1, 0.15) is 30.7 Å². The maximum Gasteiger partial charge on any atom is 0.223 e. The molecule has 1 aromatic carbocycles. The number of imidazole rings is 1. The normalized spacial score (nSPS) is 17.0. The Balaban J connectivity index is 1.40. The Hall–Kier alpha value is -2.18. The zero-order valence-electron chi connectivity index (χ0n) is 14.7. The number of rotatable bonds is 7. The predicted molar refractivity (Wildman–Crippen MR) is 103 cm³/mol. The summed E-state index contributed by atoms with van der Waals surface area (Å²) in [6, 6.07) is 10.0. The predicted octanol–water partition coefficient (Wildman–Crippen LogP) is 3.76. The molecule has 5 nitrogen and oxygen atoms in total. The monoisotopic (exact) mass is 369 g/mol. The number of H-pyrrole nitrogens is 1. The van der Waals surface area contributed by atoms with Crippen molar-refractivity contribution in [1.82, 2.24) is 14.9 Å². The quantitative estimate of drug-likeness (QED) is 0.690. The minimum absolute atomic E-state index is 0.159. The molecule has 3 heterocycles. The Morgan fingerprint density at radius 3 is 3.04 bits per heavy atom. The summed E-state index contributed by atoms with van der Waals surface area (Å²) in [4.78, 5) is 22.7. The number of para-hydroxylation sites is 2. The van der Waals surface area contributed by atoms with Gasteiger partial charge in [-0.2, -0.15) is 11.3 Å². The lowest BCUT2D eigenvalue weighted by molar-refractivity contribution is -0.133. The van der Waals surface area contributed by atoms with Crippen LogP contribution in [0.4, 0.5) is 0 Å². The summed E-state index contributed by atoms with van der Waals surface area (Å²) in [5, 5.41) is 4.16. The molecule has 0 saturated carbocycles. The number of nitrogens with one attached hydrogen (secondary N) is 1. The number of benzene rings is 1. The van der Waals surface area contributed by atoms with Gasteiger partial charge >= 0.3 is 0 Å². The minimum atomic E-state index is 0.159. The molecule has 1 atom stereocenters. The number of aromatic nitrogens is 2. The van der Waals surface area contributed by atoms with Gasteiger partial charge in [0.1, 0.15) is 5.82 Å². The van der Waals surface area contributed by atoms with E-state index in [1.165, 1.54) is 5.56 Å². The summed E-state index contributed by atoms with van der Waals surface area (Å²) in [6.45, 7) is 2.14. The second kappa shape index (κ2) is 8.01. The SMILES string of the molecule is O=C(CCc1nc2ccccc2[nH]1)N(Cc1ccsc1)C[C@@H]1CCCO1. The van der Waals surface area contributed by atoms with Crippen molar-refractivity contribution in [3.8, 4) is 0 Å². The molecule has 0 aliphatic carbocycles. The molecule has 1 N–H and O–H groups in total. The third-order valence-corrected chi connectivity index (χ3v) is 5.50. The van der Waals surface area contributed by atoms with E-state index in [9.17, 15) is 4.79 Å². The van der Waals surface area contributed by atoms with Gasteiger partial charge in [-0.3, -0.25) is 4.79 Å². The number of nitrogens with zero attached hydrogens (tertiary/aromatic N) is 2. The van der Waals surface area contributed by atoms with Crippen molar-refractivity contribution in [2.24, 2.45) is 0 Å². The first kappa shape index (κ1) is 17.2. The average molecular weight is 369 g/mol. The molecule has 26 heavy (non-hydrogen) atoms. The summed E-state index contributed by atoms with van der Waals surface area (Å²) in [5.41, 5.74) is 3.15. The molecule has 1 saturated heterocycles. The summed E-state index contributed by atoms with van der Waals surface area (Å²) >= 11 is 1.66. The van der Waals surface area contributed by atoms with Gasteiger partial charge in [0.25, 0.3) is 0 Å². The minimum Gasteiger partial charge on any atom is -0.376 e. The second-order valence-electron chi connectivity index (χ2n) is 6.74. The molecular formula is C20H23N3O2S. The molecule has 6 heteroatoms. The fourth-order valence-electron chi connectivity index (χ4n) is 3.40. The number of hydrogen-bond acceptors (Lipinski definition) is 4. The van der Waals surface area contributed by atoms with Crippen molar-refractivity contribution in [1.29, 1.82) is 0 Å². The fraction of sp³-hybridized carbons (Fsp3) is 0.400. The molecule has 0 spiro atoms. The highest BCUT2D eigenvalue weighted by molar-refractivity contribution is 7.07. The molecule has 3 aromatic rings. The van der Waals surface area contributed by atoms with E-state index in [0.717, 1.165) is 36.3 Å². The summed E-state index contributed by atoms with van der Waals surface area (Å²) in [6.07, 6.45) is 3.38. The summed E-state index contributed by atoms with van der Waals surface area (Å²) in [7, 11) is 0. The average Bonchev–Trinajstić information content (AvgIpc) is 3.40. The molecule has 2 aromatic heterocycles. The van der Waals surface area contributed by atoms with Crippen LogP contribution in [0.5, 0.6) is 0 Å². The van der Waals surface area contributed by atoms with Crippen molar-refractivity contribution in [2.75, 3.05) is 13.2 Å². The fourth-order valence-corrected chi connectivity index (χ4v) is 4.06. The van der Waals surface area contributed by atoms with Crippen LogP contribution in [0.15, 0.2) is 41.1 Å². The number of ether oxygens (including phenoxy) is 1. The smallest absolute Gasteiger partial charge is 0.223 e. The van der Waals surface area contributed by atoms with Gasteiger partial charge in [-0.1, -0.05) is 12.1 Å². The lowest BCUT2D eigenvalue weighted by atomic mass is 10.2. The van der Waals surface area contributed by atoms with Gasteiger partial charge in [0.2, 0.25) is 5.91 Å². The van der Waals surface area contributed by atoms with E-state index < -0.39 is 0 Å². The number of carbonyl (C=O) groups excluding carboxylic acids is 1. The molecule has 1 aliphatic heterocycles. The lowest BCUT2D eigenvalue weighted by Crippen LogP contribution is -2.37. The van der Waals surface area contributed by atoms with Crippen molar-refractivity contribution < 1.29 is 9.53 Å². The van der Waals surface area contributed by atoms with Crippen molar-refractivity contribution >= 4 is 28.3 Å². The first-order valence-corrected chi connectivity index (χ1v) is 10.1. The second-order valence-corrected chi connectivity index (χ2v) is 7.52. The van der Waals surface area contributed by atoms with E-state index in [2.05, 4.69) is 26.8 Å². The zero-order valence-corrected chi connectivity index (χ0v) is 15.5. The molecule has 1 fully saturated rings. The van der Waals surface area contributed by atoms with Crippen LogP contribution in [0.25, 0.3) is 11.0 Å². The Morgan fingerprint density at radius 1 is 1.35 bits per heavy atom. The van der Waals surface area contributed by atoms with Crippen LogP contribution in [-0.2, 0) is 22.5 Å². The van der Waals surface area contributed by atoms with Crippen molar-refractivity contribution in [2.45, 2.75) is 38.3 Å². The lowest BCUT2D eigenvalue weighted by Gasteiger charge is -2.25. The van der Waals surface area contributed by atoms with Crippen LogP contribution in [0.3, 0.4) is 0 Å². The highest BCUT2D eigenvalue weighted by Gasteiger charge is 2.23. The number of aromatic amines is 1. The van der Waals surface area contributed by atoms with Gasteiger partial charge in [0.05, 0.1) is 17.1 Å². The van der Waals surface area contributed by atoms with Gasteiger partial charge in [-0.05, 0) is 47.4 Å². The summed E-state index contributed by atoms with van der Waals surface area (Å²) < 4.78 is 5.75. The molecule has 0 radical (unpaired) electrons. The molecule has 1 amide bonds. The number of fused-ring (bicyclic) bond motifs is 1. The standard InChI is InChI=1S/C20H23N3O2S/c24-20(8-7-19-21-17-5-1-2-6-18(17)22-19)23(12-15-9-11-26-14-15)13-16-4-3-10-25-16/h1-2,5-6,9,11,14,16H,3-4,7-8,10,12-13H2,(H,21,22)/t16-/m0/s1. The van der Waals surface area contributed by atoms with E-state index in [1.54, 1.807) is 11.3 Å². The Morgan fingerprint density at radius 2 is 2.27 bits per heavy atom. The van der Waals surface area contributed by atoms with Crippen LogP contribution >= 0.6 is 11.3 Å². The van der Waals surface area contributed by atoms with Crippen molar-refractivity contribution in [3.05, 3.63) is 52.5 Å². The van der Waals surface area contributed by atoms with Gasteiger partial charge < -0.3 is 14.6 Å². The Kier molecular flexibility index (Phi) is 5.32. The van der Waals surface area contributed by atoms with Crippen LogP contribution in [-0.4, -0.2) is 40.0 Å². The number of hydrogen-bond donors (Lipinski definition) is 1. The van der Waals surface area contributed by atoms with E-state index in [1.807, 2.05) is 29.2 Å². The van der Waals surface area contributed by atoms with E-state index in [-0.39, 0.29) is 12.0 Å². The highest BCUT2D eigenvalue weighted by atomic mass is 32.1. The number of aryl methyl sites for hydroxylation is 1. The largest absolute Gasteiger partial charge is 0.376 e. The van der Waals surface area contributed by atoms with E-state index >= 15 is 0 Å². The maximum absolute atomic E-state index is 12.9. The highest BCUT2D eigenvalue weighted by Crippen LogP contribution is 2.18. The molecular weight excluding hydrogens is 346 g/mol. The third kappa shape index (κ3) is 4.14. The van der Waals surface area contributed by atoms with Gasteiger partial charge in [-0.15, -0.1) is 0 Å². The van der Waals surface area contributed by atoms with E-state index in [4.69, 9.17) is 4.74 Å².